The summed E-state index contributed by atoms with van der Waals surface area (Å²) in [5, 5.41) is 20.0. The highest BCUT2D eigenvalue weighted by Gasteiger charge is 2.34. The van der Waals surface area contributed by atoms with E-state index in [-0.39, 0.29) is 30.5 Å². The molecule has 1 aliphatic rings. The molecule has 0 saturated carbocycles. The number of piperidine rings is 1. The molecule has 8 nitrogen and oxygen atoms in total. The molecule has 1 saturated heterocycles. The van der Waals surface area contributed by atoms with Crippen molar-refractivity contribution in [2.75, 3.05) is 38.2 Å². The van der Waals surface area contributed by atoms with Gasteiger partial charge in [0.05, 0.1) is 25.1 Å². The molecule has 1 unspecified atom stereocenters. The van der Waals surface area contributed by atoms with Gasteiger partial charge in [-0.2, -0.15) is 0 Å². The number of benzene rings is 1. The Kier molecular flexibility index (Phi) is 7.46. The second-order valence-electron chi connectivity index (χ2n) is 8.48. The van der Waals surface area contributed by atoms with Gasteiger partial charge in [0.25, 0.3) is 5.56 Å². The Hall–Kier alpha value is -2.71. The van der Waals surface area contributed by atoms with Gasteiger partial charge in [-0.05, 0) is 24.3 Å². The Morgan fingerprint density at radius 2 is 1.94 bits per heavy atom. The van der Waals surface area contributed by atoms with Gasteiger partial charge < -0.3 is 20.0 Å². The number of aliphatic hydroxyl groups is 2. The predicted octanol–water partition coefficient (Wildman–Crippen LogP) is 1.22. The van der Waals surface area contributed by atoms with E-state index in [1.54, 1.807) is 11.9 Å². The molecule has 1 fully saturated rings. The Balaban J connectivity index is 1.55. The second kappa shape index (κ2) is 10.1. The molecular formula is C23H32N4O4. The van der Waals surface area contributed by atoms with E-state index in [9.17, 15) is 14.7 Å². The largest absolute Gasteiger partial charge is 0.395 e. The molecule has 0 bridgehead atoms. The van der Waals surface area contributed by atoms with Crippen molar-refractivity contribution in [3.63, 3.8) is 0 Å². The first kappa shape index (κ1) is 23.0. The van der Waals surface area contributed by atoms with Crippen LogP contribution >= 0.6 is 0 Å². The molecule has 0 spiro atoms. The quantitative estimate of drug-likeness (QED) is 0.656. The number of rotatable bonds is 8. The molecule has 1 aromatic heterocycles. The van der Waals surface area contributed by atoms with Gasteiger partial charge in [-0.3, -0.25) is 14.2 Å². The minimum Gasteiger partial charge on any atom is -0.395 e. The zero-order chi connectivity index (χ0) is 22.4. The van der Waals surface area contributed by atoms with E-state index in [4.69, 9.17) is 5.11 Å². The molecule has 3 rings (SSSR count). The van der Waals surface area contributed by atoms with Crippen LogP contribution in [0.1, 0.15) is 37.7 Å². The van der Waals surface area contributed by atoms with Gasteiger partial charge in [0.2, 0.25) is 5.91 Å². The van der Waals surface area contributed by atoms with E-state index in [0.717, 1.165) is 5.56 Å². The lowest BCUT2D eigenvalue weighted by Gasteiger charge is -2.38. The SMILES string of the molecule is CC(CC(=O)N1CCC(O)(Cn2cnc(N(C)CCO)cc2=O)CC1)c1ccccc1. The number of amides is 1. The maximum Gasteiger partial charge on any atom is 0.255 e. The summed E-state index contributed by atoms with van der Waals surface area (Å²) in [4.78, 5) is 32.9. The van der Waals surface area contributed by atoms with Crippen molar-refractivity contribution in [1.29, 1.82) is 0 Å². The molecule has 1 atom stereocenters. The topological polar surface area (TPSA) is 98.9 Å². The lowest BCUT2D eigenvalue weighted by atomic mass is 9.90. The zero-order valence-electron chi connectivity index (χ0n) is 18.3. The van der Waals surface area contributed by atoms with E-state index < -0.39 is 5.60 Å². The van der Waals surface area contributed by atoms with Crippen molar-refractivity contribution in [3.05, 3.63) is 58.6 Å². The fourth-order valence-electron chi connectivity index (χ4n) is 3.95. The first-order valence-corrected chi connectivity index (χ1v) is 10.7. The summed E-state index contributed by atoms with van der Waals surface area (Å²) in [7, 11) is 1.75. The molecule has 2 heterocycles. The number of hydrogen-bond donors (Lipinski definition) is 2. The Morgan fingerprint density at radius 1 is 1.26 bits per heavy atom. The smallest absolute Gasteiger partial charge is 0.255 e. The third-order valence-corrected chi connectivity index (χ3v) is 6.05. The molecule has 1 amide bonds. The highest BCUT2D eigenvalue weighted by atomic mass is 16.3. The highest BCUT2D eigenvalue weighted by molar-refractivity contribution is 5.77. The van der Waals surface area contributed by atoms with Crippen molar-refractivity contribution in [3.8, 4) is 0 Å². The third-order valence-electron chi connectivity index (χ3n) is 6.05. The molecule has 0 radical (unpaired) electrons. The minimum absolute atomic E-state index is 0.0274. The summed E-state index contributed by atoms with van der Waals surface area (Å²) in [5.74, 6) is 0.713. The highest BCUT2D eigenvalue weighted by Crippen LogP contribution is 2.26. The summed E-state index contributed by atoms with van der Waals surface area (Å²) >= 11 is 0. The Bertz CT molecular complexity index is 923. The van der Waals surface area contributed by atoms with Crippen LogP contribution in [-0.2, 0) is 11.3 Å². The van der Waals surface area contributed by atoms with Crippen molar-refractivity contribution in [1.82, 2.24) is 14.5 Å². The van der Waals surface area contributed by atoms with Crippen molar-refractivity contribution >= 4 is 11.7 Å². The normalized spacial score (nSPS) is 16.7. The van der Waals surface area contributed by atoms with Crippen LogP contribution < -0.4 is 10.5 Å². The van der Waals surface area contributed by atoms with Crippen LogP contribution in [0.3, 0.4) is 0 Å². The van der Waals surface area contributed by atoms with E-state index in [1.807, 2.05) is 35.2 Å². The first-order valence-electron chi connectivity index (χ1n) is 10.7. The van der Waals surface area contributed by atoms with Crippen LogP contribution in [0.2, 0.25) is 0 Å². The number of nitrogens with zero attached hydrogens (tertiary/aromatic N) is 4. The number of aliphatic hydroxyl groups excluding tert-OH is 1. The number of likely N-dealkylation sites (N-methyl/N-ethyl adjacent to an activating group) is 1. The van der Waals surface area contributed by atoms with Gasteiger partial charge in [0.1, 0.15) is 5.82 Å². The molecular weight excluding hydrogens is 396 g/mol. The third kappa shape index (κ3) is 5.92. The standard InChI is InChI=1S/C23H32N4O4/c1-18(19-6-4-3-5-7-19)14-21(29)26-10-8-23(31,9-11-26)16-27-17-24-20(15-22(27)30)25(2)12-13-28/h3-7,15,17-18,28,31H,8-14,16H2,1-2H3. The van der Waals surface area contributed by atoms with Crippen molar-refractivity contribution in [2.45, 2.75) is 44.2 Å². The lowest BCUT2D eigenvalue weighted by molar-refractivity contribution is -0.136. The second-order valence-corrected chi connectivity index (χ2v) is 8.48. The van der Waals surface area contributed by atoms with Crippen LogP contribution in [0.4, 0.5) is 5.82 Å². The van der Waals surface area contributed by atoms with E-state index in [0.29, 0.717) is 44.7 Å². The number of anilines is 1. The Morgan fingerprint density at radius 3 is 2.55 bits per heavy atom. The van der Waals surface area contributed by atoms with Gasteiger partial charge >= 0.3 is 0 Å². The fourth-order valence-corrected chi connectivity index (χ4v) is 3.95. The minimum atomic E-state index is -1.05. The molecule has 168 valence electrons. The van der Waals surface area contributed by atoms with Crippen LogP contribution in [0.5, 0.6) is 0 Å². The van der Waals surface area contributed by atoms with E-state index >= 15 is 0 Å². The molecule has 1 aromatic carbocycles. The van der Waals surface area contributed by atoms with Gasteiger partial charge in [0, 0.05) is 39.2 Å². The average Bonchev–Trinajstić information content (AvgIpc) is 2.76. The summed E-state index contributed by atoms with van der Waals surface area (Å²) in [5.41, 5.74) is -0.158. The van der Waals surface area contributed by atoms with E-state index in [2.05, 4.69) is 11.9 Å². The number of carbonyl (C=O) groups is 1. The zero-order valence-corrected chi connectivity index (χ0v) is 18.3. The number of hydrogen-bond acceptors (Lipinski definition) is 6. The summed E-state index contributed by atoms with van der Waals surface area (Å²) in [6.07, 6.45) is 2.70. The molecule has 31 heavy (non-hydrogen) atoms. The van der Waals surface area contributed by atoms with Gasteiger partial charge in [-0.1, -0.05) is 37.3 Å². The lowest BCUT2D eigenvalue weighted by Crippen LogP contribution is -2.49. The maximum atomic E-state index is 12.7. The first-order chi connectivity index (χ1) is 14.8. The van der Waals surface area contributed by atoms with E-state index in [1.165, 1.54) is 17.0 Å². The number of aromatic nitrogens is 2. The van der Waals surface area contributed by atoms with Crippen LogP contribution in [0.15, 0.2) is 47.5 Å². The average molecular weight is 429 g/mol. The molecule has 2 aromatic rings. The van der Waals surface area contributed by atoms with Crippen LogP contribution in [0, 0.1) is 0 Å². The van der Waals surface area contributed by atoms with Crippen molar-refractivity contribution in [2.24, 2.45) is 0 Å². The summed E-state index contributed by atoms with van der Waals surface area (Å²) < 4.78 is 1.41. The van der Waals surface area contributed by atoms with Gasteiger partial charge in [0.15, 0.2) is 0 Å². The molecule has 2 N–H and O–H groups in total. The maximum absolute atomic E-state index is 12.7. The predicted molar refractivity (Wildman–Crippen MR) is 119 cm³/mol. The molecule has 8 heteroatoms. The van der Waals surface area contributed by atoms with Crippen LogP contribution in [-0.4, -0.2) is 69.5 Å². The van der Waals surface area contributed by atoms with Gasteiger partial charge in [-0.15, -0.1) is 0 Å². The van der Waals surface area contributed by atoms with Crippen molar-refractivity contribution < 1.29 is 15.0 Å². The number of carbonyl (C=O) groups excluding carboxylic acids is 1. The summed E-state index contributed by atoms with van der Waals surface area (Å²) in [6, 6.07) is 11.4. The Labute approximate surface area is 182 Å². The monoisotopic (exact) mass is 428 g/mol. The van der Waals surface area contributed by atoms with Gasteiger partial charge in [-0.25, -0.2) is 4.98 Å². The van der Waals surface area contributed by atoms with Crippen LogP contribution in [0.25, 0.3) is 0 Å². The fraction of sp³-hybridized carbons (Fsp3) is 0.522. The number of likely N-dealkylation sites (tertiary alicyclic amines) is 1. The summed E-state index contributed by atoms with van der Waals surface area (Å²) in [6.45, 7) is 3.49. The molecule has 1 aliphatic heterocycles. The molecule has 0 aliphatic carbocycles.